The van der Waals surface area contributed by atoms with Crippen molar-refractivity contribution in [3.05, 3.63) is 83.9 Å². The molecule has 5 nitrogen and oxygen atoms in total. The summed E-state index contributed by atoms with van der Waals surface area (Å²) in [7, 11) is -0.502. The highest BCUT2D eigenvalue weighted by molar-refractivity contribution is 6.62. The molecule has 1 aromatic heterocycles. The molecule has 3 aromatic carbocycles. The van der Waals surface area contributed by atoms with Crippen LogP contribution in [0.25, 0.3) is 34.2 Å². The molecule has 9 heteroatoms. The van der Waals surface area contributed by atoms with Crippen LogP contribution in [-0.4, -0.2) is 33.3 Å². The minimum absolute atomic E-state index is 0.286. The number of benzene rings is 3. The second-order valence-electron chi connectivity index (χ2n) is 10.5. The molecule has 4 aromatic rings. The summed E-state index contributed by atoms with van der Waals surface area (Å²) in [5.74, 6) is 1.13. The average molecular weight is 517 g/mol. The Bertz CT molecular complexity index is 1440. The second kappa shape index (κ2) is 9.33. The zero-order chi connectivity index (χ0) is 27.3. The zero-order valence-electron chi connectivity index (χ0n) is 21.8. The molecule has 0 unspecified atom stereocenters. The first-order chi connectivity index (χ1) is 17.8. The Balaban J connectivity index is 1.53. The minimum Gasteiger partial charge on any atom is -0.399 e. The van der Waals surface area contributed by atoms with Crippen molar-refractivity contribution in [2.24, 2.45) is 0 Å². The lowest BCUT2D eigenvalue weighted by atomic mass is 9.79. The van der Waals surface area contributed by atoms with Crippen LogP contribution < -0.4 is 5.46 Å². The Hall–Kier alpha value is -3.56. The van der Waals surface area contributed by atoms with E-state index in [1.165, 1.54) is 12.1 Å². The van der Waals surface area contributed by atoms with Gasteiger partial charge in [0.2, 0.25) is 0 Å². The summed E-state index contributed by atoms with van der Waals surface area (Å²) >= 11 is 0. The molecule has 0 bridgehead atoms. The van der Waals surface area contributed by atoms with Crippen molar-refractivity contribution >= 4 is 12.6 Å². The normalized spacial score (nSPS) is 16.6. The molecule has 1 aliphatic heterocycles. The monoisotopic (exact) mass is 517 g/mol. The SMILES string of the molecule is Cc1ccc(-c2nc(-c3ccc(B4OC(C)(C)C(C)(C)O4)cc3)nc(-c3ccc(C(F)(F)F)cc3)n2)cc1. The lowest BCUT2D eigenvalue weighted by Crippen LogP contribution is -2.41. The van der Waals surface area contributed by atoms with Crippen LogP contribution in [0.1, 0.15) is 38.8 Å². The van der Waals surface area contributed by atoms with E-state index >= 15 is 0 Å². The predicted molar refractivity (Wildman–Crippen MR) is 142 cm³/mol. The van der Waals surface area contributed by atoms with Gasteiger partial charge in [-0.05, 0) is 52.2 Å². The zero-order valence-corrected chi connectivity index (χ0v) is 21.8. The van der Waals surface area contributed by atoms with Gasteiger partial charge in [-0.1, -0.05) is 66.2 Å². The Kier molecular flexibility index (Phi) is 6.40. The summed E-state index contributed by atoms with van der Waals surface area (Å²) in [6.07, 6.45) is -4.42. The van der Waals surface area contributed by atoms with Crippen molar-refractivity contribution < 1.29 is 22.5 Å². The van der Waals surface area contributed by atoms with Gasteiger partial charge in [0.05, 0.1) is 16.8 Å². The van der Waals surface area contributed by atoms with E-state index in [1.807, 2.05) is 83.1 Å². The average Bonchev–Trinajstić information content (AvgIpc) is 3.10. The molecule has 2 heterocycles. The van der Waals surface area contributed by atoms with E-state index in [-0.39, 0.29) is 5.82 Å². The maximum Gasteiger partial charge on any atom is 0.494 e. The topological polar surface area (TPSA) is 57.1 Å². The van der Waals surface area contributed by atoms with Gasteiger partial charge >= 0.3 is 13.3 Å². The number of aromatic nitrogens is 3. The number of nitrogens with zero attached hydrogens (tertiary/aromatic N) is 3. The molecule has 0 saturated carbocycles. The third-order valence-electron chi connectivity index (χ3n) is 7.11. The third-order valence-corrected chi connectivity index (χ3v) is 7.11. The number of aryl methyl sites for hydroxylation is 1. The molecule has 0 aliphatic carbocycles. The molecular formula is C29H27BF3N3O2. The smallest absolute Gasteiger partial charge is 0.399 e. The molecule has 1 fully saturated rings. The van der Waals surface area contributed by atoms with Crippen LogP contribution in [-0.2, 0) is 15.5 Å². The lowest BCUT2D eigenvalue weighted by molar-refractivity contribution is -0.137. The highest BCUT2D eigenvalue weighted by atomic mass is 19.4. The molecule has 0 amide bonds. The fraction of sp³-hybridized carbons (Fsp3) is 0.276. The van der Waals surface area contributed by atoms with E-state index < -0.39 is 30.1 Å². The van der Waals surface area contributed by atoms with Crippen molar-refractivity contribution in [3.63, 3.8) is 0 Å². The standard InChI is InChI=1S/C29H27BF3N3O2/c1-18-6-8-19(9-7-18)24-34-25(20-10-14-22(15-11-20)29(31,32)33)36-26(35-24)21-12-16-23(17-13-21)30-37-27(2,3)28(4,5)38-30/h6-17H,1-5H3. The summed E-state index contributed by atoms with van der Waals surface area (Å²) < 4.78 is 51.6. The van der Waals surface area contributed by atoms with Crippen molar-refractivity contribution in [1.29, 1.82) is 0 Å². The van der Waals surface area contributed by atoms with Gasteiger partial charge in [0.1, 0.15) is 0 Å². The Morgan fingerprint density at radius 1 is 0.605 bits per heavy atom. The van der Waals surface area contributed by atoms with Crippen molar-refractivity contribution in [3.8, 4) is 34.2 Å². The van der Waals surface area contributed by atoms with E-state index in [1.54, 1.807) is 0 Å². The van der Waals surface area contributed by atoms with Gasteiger partial charge in [-0.15, -0.1) is 0 Å². The fourth-order valence-corrected chi connectivity index (χ4v) is 4.04. The van der Waals surface area contributed by atoms with Gasteiger partial charge in [-0.2, -0.15) is 13.2 Å². The van der Waals surface area contributed by atoms with Crippen molar-refractivity contribution in [2.75, 3.05) is 0 Å². The van der Waals surface area contributed by atoms with Gasteiger partial charge in [-0.25, -0.2) is 15.0 Å². The number of hydrogen-bond donors (Lipinski definition) is 0. The van der Waals surface area contributed by atoms with Crippen LogP contribution in [0.3, 0.4) is 0 Å². The molecule has 0 spiro atoms. The van der Waals surface area contributed by atoms with Gasteiger partial charge in [0, 0.05) is 16.7 Å². The summed E-state index contributed by atoms with van der Waals surface area (Å²) in [5, 5.41) is 0. The Morgan fingerprint density at radius 2 is 0.974 bits per heavy atom. The number of alkyl halides is 3. The summed E-state index contributed by atoms with van der Waals surface area (Å²) in [4.78, 5) is 13.9. The van der Waals surface area contributed by atoms with Gasteiger partial charge in [0.25, 0.3) is 0 Å². The van der Waals surface area contributed by atoms with Crippen molar-refractivity contribution in [1.82, 2.24) is 15.0 Å². The summed E-state index contributed by atoms with van der Waals surface area (Å²) in [6.45, 7) is 9.99. The summed E-state index contributed by atoms with van der Waals surface area (Å²) in [5.41, 5.74) is 2.29. The molecule has 0 atom stereocenters. The first kappa shape index (κ1) is 26.1. The van der Waals surface area contributed by atoms with Crippen LogP contribution in [0.15, 0.2) is 72.8 Å². The molecule has 194 valence electrons. The van der Waals surface area contributed by atoms with Gasteiger partial charge < -0.3 is 9.31 Å². The Morgan fingerprint density at radius 3 is 1.37 bits per heavy atom. The van der Waals surface area contributed by atoms with Gasteiger partial charge in [0.15, 0.2) is 17.5 Å². The highest BCUT2D eigenvalue weighted by Crippen LogP contribution is 2.36. The predicted octanol–water partition coefficient (Wildman–Crippen LogP) is 6.50. The van der Waals surface area contributed by atoms with Gasteiger partial charge in [-0.3, -0.25) is 0 Å². The maximum atomic E-state index is 13.1. The first-order valence-corrected chi connectivity index (χ1v) is 12.3. The quantitative estimate of drug-likeness (QED) is 0.290. The number of hydrogen-bond acceptors (Lipinski definition) is 5. The molecule has 0 radical (unpaired) electrons. The molecule has 1 saturated heterocycles. The fourth-order valence-electron chi connectivity index (χ4n) is 4.04. The van der Waals surface area contributed by atoms with E-state index in [2.05, 4.69) is 9.97 Å². The van der Waals surface area contributed by atoms with E-state index in [9.17, 15) is 13.2 Å². The first-order valence-electron chi connectivity index (χ1n) is 12.3. The van der Waals surface area contributed by atoms with Crippen LogP contribution >= 0.6 is 0 Å². The van der Waals surface area contributed by atoms with E-state index in [0.717, 1.165) is 34.3 Å². The molecule has 1 aliphatic rings. The molecule has 0 N–H and O–H groups in total. The van der Waals surface area contributed by atoms with Crippen LogP contribution in [0.2, 0.25) is 0 Å². The lowest BCUT2D eigenvalue weighted by Gasteiger charge is -2.32. The van der Waals surface area contributed by atoms with E-state index in [0.29, 0.717) is 17.2 Å². The largest absolute Gasteiger partial charge is 0.494 e. The van der Waals surface area contributed by atoms with E-state index in [4.69, 9.17) is 14.3 Å². The second-order valence-corrected chi connectivity index (χ2v) is 10.5. The third kappa shape index (κ3) is 5.08. The van der Waals surface area contributed by atoms with Crippen LogP contribution in [0.4, 0.5) is 13.2 Å². The number of rotatable bonds is 4. The summed E-state index contributed by atoms with van der Waals surface area (Å²) in [6, 6.07) is 20.1. The molecule has 38 heavy (non-hydrogen) atoms. The Labute approximate surface area is 220 Å². The minimum atomic E-state index is -4.42. The van der Waals surface area contributed by atoms with Crippen LogP contribution in [0.5, 0.6) is 0 Å². The van der Waals surface area contributed by atoms with Crippen LogP contribution in [0, 0.1) is 6.92 Å². The maximum absolute atomic E-state index is 13.1. The molecule has 5 rings (SSSR count). The highest BCUT2D eigenvalue weighted by Gasteiger charge is 2.51. The number of halogens is 3. The van der Waals surface area contributed by atoms with Crippen molar-refractivity contribution in [2.45, 2.75) is 52.0 Å². The molecular weight excluding hydrogens is 490 g/mol.